The van der Waals surface area contributed by atoms with Crippen molar-refractivity contribution in [1.29, 1.82) is 0 Å². The number of aliphatic hydroxyl groups excluding tert-OH is 1. The second kappa shape index (κ2) is 9.72. The van der Waals surface area contributed by atoms with E-state index in [2.05, 4.69) is 0 Å². The molecule has 152 valence electrons. The van der Waals surface area contributed by atoms with Crippen LogP contribution in [-0.2, 0) is 27.7 Å². The summed E-state index contributed by atoms with van der Waals surface area (Å²) in [7, 11) is -2.48. The molecule has 0 unspecified atom stereocenters. The molecule has 0 saturated carbocycles. The van der Waals surface area contributed by atoms with Gasteiger partial charge in [-0.3, -0.25) is 4.79 Å². The van der Waals surface area contributed by atoms with E-state index in [1.807, 2.05) is 11.4 Å². The predicted molar refractivity (Wildman–Crippen MR) is 108 cm³/mol. The molecule has 0 aliphatic heterocycles. The maximum absolute atomic E-state index is 12.9. The number of allylic oxidation sites excluding steroid dienone is 2. The van der Waals surface area contributed by atoms with Crippen LogP contribution >= 0.6 is 11.3 Å². The lowest BCUT2D eigenvalue weighted by Crippen LogP contribution is -2.37. The highest BCUT2D eigenvalue weighted by Gasteiger charge is 2.26. The van der Waals surface area contributed by atoms with Crippen LogP contribution in [0, 0.1) is 0 Å². The molecule has 0 amide bonds. The first-order chi connectivity index (χ1) is 13.2. The summed E-state index contributed by atoms with van der Waals surface area (Å²) in [6, 6.07) is 7.75. The zero-order valence-corrected chi connectivity index (χ0v) is 17.3. The zero-order chi connectivity index (χ0) is 20.7. The molecule has 0 fully saturated rings. The van der Waals surface area contributed by atoms with Crippen LogP contribution in [0.15, 0.2) is 52.4 Å². The number of carbonyl (C=O) groups is 1. The van der Waals surface area contributed by atoms with Crippen molar-refractivity contribution in [1.82, 2.24) is 4.31 Å². The number of methoxy groups -OCH3 is 1. The molecule has 0 radical (unpaired) electrons. The average molecular weight is 426 g/mol. The zero-order valence-electron chi connectivity index (χ0n) is 15.7. The summed E-state index contributed by atoms with van der Waals surface area (Å²) in [5.41, 5.74) is 0.982. The minimum atomic E-state index is -3.96. The summed E-state index contributed by atoms with van der Waals surface area (Å²) in [4.78, 5) is 12.2. The molecule has 2 aromatic rings. The van der Waals surface area contributed by atoms with Crippen LogP contribution in [0.1, 0.15) is 17.4 Å². The fraction of sp³-hybridized carbons (Fsp3) is 0.316. The van der Waals surface area contributed by atoms with Crippen molar-refractivity contribution in [2.75, 3.05) is 20.2 Å². The van der Waals surface area contributed by atoms with Crippen LogP contribution in [-0.4, -0.2) is 49.1 Å². The number of benzene rings is 1. The van der Waals surface area contributed by atoms with Crippen molar-refractivity contribution in [2.45, 2.75) is 24.7 Å². The molecule has 1 aromatic carbocycles. The molecule has 28 heavy (non-hydrogen) atoms. The van der Waals surface area contributed by atoms with Gasteiger partial charge in [0.1, 0.15) is 12.3 Å². The van der Waals surface area contributed by atoms with E-state index in [-0.39, 0.29) is 17.2 Å². The SMILES string of the molecule is COc1ccc(S(=O)(=O)N(CCc2sccc2CC=C(C)O)CC(=O)O)cc1. The van der Waals surface area contributed by atoms with Gasteiger partial charge in [-0.1, -0.05) is 0 Å². The van der Waals surface area contributed by atoms with Crippen molar-refractivity contribution in [3.05, 3.63) is 58.0 Å². The van der Waals surface area contributed by atoms with Gasteiger partial charge in [0.25, 0.3) is 0 Å². The number of hydrogen-bond donors (Lipinski definition) is 2. The number of rotatable bonds is 10. The number of ether oxygens (including phenoxy) is 1. The van der Waals surface area contributed by atoms with Crippen LogP contribution in [0.2, 0.25) is 0 Å². The van der Waals surface area contributed by atoms with Gasteiger partial charge in [-0.2, -0.15) is 4.31 Å². The third-order valence-electron chi connectivity index (χ3n) is 4.05. The van der Waals surface area contributed by atoms with Crippen molar-refractivity contribution < 1.29 is 28.2 Å². The number of sulfonamides is 1. The summed E-state index contributed by atoms with van der Waals surface area (Å²) < 4.78 is 31.8. The standard InChI is InChI=1S/C19H23NO6S2/c1-14(21)3-4-15-10-12-27-18(15)9-11-20(13-19(22)23)28(24,25)17-7-5-16(26-2)6-8-17/h3,5-8,10,12,21H,4,9,11,13H2,1-2H3,(H,22,23). The average Bonchev–Trinajstić information content (AvgIpc) is 3.10. The van der Waals surface area contributed by atoms with Crippen LogP contribution in [0.4, 0.5) is 0 Å². The van der Waals surface area contributed by atoms with Crippen molar-refractivity contribution in [3.63, 3.8) is 0 Å². The van der Waals surface area contributed by atoms with Gasteiger partial charge >= 0.3 is 5.97 Å². The molecule has 0 atom stereocenters. The van der Waals surface area contributed by atoms with Gasteiger partial charge in [0, 0.05) is 11.4 Å². The van der Waals surface area contributed by atoms with Crippen LogP contribution in [0.5, 0.6) is 5.75 Å². The highest BCUT2D eigenvalue weighted by Crippen LogP contribution is 2.23. The van der Waals surface area contributed by atoms with Gasteiger partial charge in [-0.05, 0) is 67.1 Å². The van der Waals surface area contributed by atoms with E-state index in [0.717, 1.165) is 14.7 Å². The highest BCUT2D eigenvalue weighted by molar-refractivity contribution is 7.89. The van der Waals surface area contributed by atoms with Crippen LogP contribution in [0.3, 0.4) is 0 Å². The third kappa shape index (κ3) is 5.82. The Labute approximate surface area is 168 Å². The summed E-state index contributed by atoms with van der Waals surface area (Å²) in [5.74, 6) is -0.492. The van der Waals surface area contributed by atoms with Gasteiger partial charge in [0.05, 0.1) is 17.8 Å². The molecule has 0 saturated heterocycles. The number of thiophene rings is 1. The van der Waals surface area contributed by atoms with E-state index in [1.54, 1.807) is 13.0 Å². The first-order valence-corrected chi connectivity index (χ1v) is 10.8. The smallest absolute Gasteiger partial charge is 0.318 e. The van der Waals surface area contributed by atoms with E-state index >= 15 is 0 Å². The lowest BCUT2D eigenvalue weighted by atomic mass is 10.1. The van der Waals surface area contributed by atoms with Crippen molar-refractivity contribution >= 4 is 27.3 Å². The maximum atomic E-state index is 12.9. The number of carboxylic acids is 1. The molecule has 9 heteroatoms. The Bertz CT molecular complexity index is 928. The Balaban J connectivity index is 2.21. The Hall–Kier alpha value is -2.36. The van der Waals surface area contributed by atoms with Gasteiger partial charge in [0.15, 0.2) is 0 Å². The summed E-state index contributed by atoms with van der Waals surface area (Å²) >= 11 is 1.48. The molecule has 0 aliphatic carbocycles. The molecule has 0 aliphatic rings. The van der Waals surface area contributed by atoms with Crippen LogP contribution < -0.4 is 4.74 Å². The molecule has 1 heterocycles. The predicted octanol–water partition coefficient (Wildman–Crippen LogP) is 3.08. The Morgan fingerprint density at radius 3 is 2.46 bits per heavy atom. The van der Waals surface area contributed by atoms with Crippen molar-refractivity contribution in [2.24, 2.45) is 0 Å². The third-order valence-corrected chi connectivity index (χ3v) is 6.93. The van der Waals surface area contributed by atoms with Gasteiger partial charge < -0.3 is 14.9 Å². The Morgan fingerprint density at radius 2 is 1.89 bits per heavy atom. The molecule has 2 rings (SSSR count). The van der Waals surface area contributed by atoms with E-state index in [1.165, 1.54) is 42.7 Å². The van der Waals surface area contributed by atoms with E-state index in [0.29, 0.717) is 18.6 Å². The van der Waals surface area contributed by atoms with Crippen LogP contribution in [0.25, 0.3) is 0 Å². The van der Waals surface area contributed by atoms with E-state index in [4.69, 9.17) is 4.74 Å². The number of aliphatic hydroxyl groups is 1. The molecule has 0 spiro atoms. The first kappa shape index (κ1) is 21.9. The topological polar surface area (TPSA) is 104 Å². The number of carboxylic acid groups (broad SMARTS) is 1. The minimum Gasteiger partial charge on any atom is -0.513 e. The number of nitrogens with zero attached hydrogens (tertiary/aromatic N) is 1. The summed E-state index contributed by atoms with van der Waals surface area (Å²) in [6.45, 7) is 1.00. The molecule has 7 nitrogen and oxygen atoms in total. The molecule has 1 aromatic heterocycles. The number of hydrogen-bond acceptors (Lipinski definition) is 6. The fourth-order valence-electron chi connectivity index (χ4n) is 2.58. The fourth-order valence-corrected chi connectivity index (χ4v) is 4.88. The Morgan fingerprint density at radius 1 is 1.21 bits per heavy atom. The second-order valence-electron chi connectivity index (χ2n) is 6.08. The molecular formula is C19H23NO6S2. The maximum Gasteiger partial charge on any atom is 0.318 e. The second-order valence-corrected chi connectivity index (χ2v) is 9.02. The minimum absolute atomic E-state index is 0.0137. The summed E-state index contributed by atoms with van der Waals surface area (Å²) in [5, 5.41) is 20.4. The van der Waals surface area contributed by atoms with E-state index < -0.39 is 22.5 Å². The lowest BCUT2D eigenvalue weighted by Gasteiger charge is -2.20. The Kier molecular flexibility index (Phi) is 7.61. The van der Waals surface area contributed by atoms with Gasteiger partial charge in [-0.15, -0.1) is 11.3 Å². The number of aliphatic carboxylic acids is 1. The van der Waals surface area contributed by atoms with Gasteiger partial charge in [-0.25, -0.2) is 8.42 Å². The molecule has 0 bridgehead atoms. The monoisotopic (exact) mass is 425 g/mol. The largest absolute Gasteiger partial charge is 0.513 e. The summed E-state index contributed by atoms with van der Waals surface area (Å²) in [6.07, 6.45) is 2.59. The van der Waals surface area contributed by atoms with Gasteiger partial charge in [0.2, 0.25) is 10.0 Å². The first-order valence-electron chi connectivity index (χ1n) is 8.51. The molecule has 2 N–H and O–H groups in total. The van der Waals surface area contributed by atoms with E-state index in [9.17, 15) is 23.4 Å². The lowest BCUT2D eigenvalue weighted by molar-refractivity contribution is -0.137. The quantitative estimate of drug-likeness (QED) is 0.567. The normalized spacial score (nSPS) is 12.3. The van der Waals surface area contributed by atoms with Crippen molar-refractivity contribution in [3.8, 4) is 5.75 Å². The molecular weight excluding hydrogens is 402 g/mol. The highest BCUT2D eigenvalue weighted by atomic mass is 32.2.